The van der Waals surface area contributed by atoms with Crippen LogP contribution in [0.2, 0.25) is 0 Å². The lowest BCUT2D eigenvalue weighted by Crippen LogP contribution is -2.31. The van der Waals surface area contributed by atoms with Gasteiger partial charge in [0.1, 0.15) is 11.2 Å². The number of carbonyl (C=O) groups is 1. The summed E-state index contributed by atoms with van der Waals surface area (Å²) in [5.74, 6) is -1.20. The Hall–Kier alpha value is -1.84. The van der Waals surface area contributed by atoms with Crippen molar-refractivity contribution < 1.29 is 14.3 Å². The Kier molecular flexibility index (Phi) is 2.89. The van der Waals surface area contributed by atoms with Gasteiger partial charge in [0, 0.05) is 17.6 Å². The molecular formula is C14H16FNO2. The molecule has 0 aliphatic rings. The number of rotatable bonds is 3. The van der Waals surface area contributed by atoms with Crippen molar-refractivity contribution in [3.8, 4) is 0 Å². The summed E-state index contributed by atoms with van der Waals surface area (Å²) in [5.41, 5.74) is 0.436. The van der Waals surface area contributed by atoms with Crippen LogP contribution < -0.4 is 0 Å². The topological polar surface area (TPSA) is 42.2 Å². The molecule has 0 fully saturated rings. The Morgan fingerprint density at radius 3 is 2.61 bits per heavy atom. The first-order chi connectivity index (χ1) is 8.37. The number of aryl methyl sites for hydroxylation is 1. The molecule has 0 amide bonds. The van der Waals surface area contributed by atoms with Crippen molar-refractivity contribution in [1.82, 2.24) is 4.57 Å². The summed E-state index contributed by atoms with van der Waals surface area (Å²) in [5, 5.41) is 10.2. The monoisotopic (exact) mass is 249 g/mol. The highest BCUT2D eigenvalue weighted by Gasteiger charge is 2.33. The average Bonchev–Trinajstić information content (AvgIpc) is 2.66. The van der Waals surface area contributed by atoms with Gasteiger partial charge in [0.05, 0.1) is 5.52 Å². The van der Waals surface area contributed by atoms with Gasteiger partial charge in [-0.3, -0.25) is 4.79 Å². The lowest BCUT2D eigenvalue weighted by atomic mass is 9.89. The second-order valence-corrected chi connectivity index (χ2v) is 4.91. The largest absolute Gasteiger partial charge is 0.481 e. The van der Waals surface area contributed by atoms with E-state index in [1.54, 1.807) is 19.9 Å². The van der Waals surface area contributed by atoms with Crippen molar-refractivity contribution in [3.63, 3.8) is 0 Å². The van der Waals surface area contributed by atoms with Crippen LogP contribution in [0, 0.1) is 5.82 Å². The lowest BCUT2D eigenvalue weighted by molar-refractivity contribution is -0.142. The first kappa shape index (κ1) is 12.6. The first-order valence-corrected chi connectivity index (χ1v) is 5.90. The van der Waals surface area contributed by atoms with Gasteiger partial charge in [-0.25, -0.2) is 4.39 Å². The summed E-state index contributed by atoms with van der Waals surface area (Å²) in [6.07, 6.45) is 0. The molecule has 0 atom stereocenters. The second-order valence-electron chi connectivity index (χ2n) is 4.91. The molecule has 0 saturated heterocycles. The maximum atomic E-state index is 13.3. The number of hydrogen-bond donors (Lipinski definition) is 1. The van der Waals surface area contributed by atoms with E-state index in [0.717, 1.165) is 10.9 Å². The molecule has 2 rings (SSSR count). The van der Waals surface area contributed by atoms with E-state index in [4.69, 9.17) is 0 Å². The van der Waals surface area contributed by atoms with E-state index in [1.165, 1.54) is 12.1 Å². The van der Waals surface area contributed by atoms with Crippen molar-refractivity contribution in [2.75, 3.05) is 0 Å². The predicted octanol–water partition coefficient (Wildman–Crippen LogP) is 3.16. The standard InChI is InChI=1S/C14H16FNO2/c1-4-16-11-8-10(15)6-5-9(11)7-12(16)14(2,3)13(17)18/h5-8H,4H2,1-3H3,(H,17,18). The van der Waals surface area contributed by atoms with E-state index in [2.05, 4.69) is 0 Å². The highest BCUT2D eigenvalue weighted by molar-refractivity contribution is 5.86. The third kappa shape index (κ3) is 1.78. The Bertz CT molecular complexity index is 614. The van der Waals surface area contributed by atoms with E-state index in [-0.39, 0.29) is 5.82 Å². The van der Waals surface area contributed by atoms with Gasteiger partial charge in [-0.15, -0.1) is 0 Å². The molecule has 1 N–H and O–H groups in total. The van der Waals surface area contributed by atoms with Gasteiger partial charge in [-0.2, -0.15) is 0 Å². The van der Waals surface area contributed by atoms with Crippen LogP contribution in [0.5, 0.6) is 0 Å². The number of benzene rings is 1. The van der Waals surface area contributed by atoms with Gasteiger partial charge < -0.3 is 9.67 Å². The molecule has 0 saturated carbocycles. The second kappa shape index (κ2) is 4.12. The highest BCUT2D eigenvalue weighted by atomic mass is 19.1. The zero-order valence-corrected chi connectivity index (χ0v) is 10.7. The van der Waals surface area contributed by atoms with Crippen molar-refractivity contribution >= 4 is 16.9 Å². The molecule has 18 heavy (non-hydrogen) atoms. The molecule has 0 aliphatic heterocycles. The van der Waals surface area contributed by atoms with Crippen LogP contribution in [0.4, 0.5) is 4.39 Å². The average molecular weight is 249 g/mol. The first-order valence-electron chi connectivity index (χ1n) is 5.90. The number of halogens is 1. The molecule has 0 unspecified atom stereocenters. The molecule has 0 bridgehead atoms. The van der Waals surface area contributed by atoms with E-state index >= 15 is 0 Å². The van der Waals surface area contributed by atoms with Crippen LogP contribution in [0.25, 0.3) is 10.9 Å². The van der Waals surface area contributed by atoms with E-state index < -0.39 is 11.4 Å². The number of aliphatic carboxylic acids is 1. The Labute approximate surface area is 105 Å². The Morgan fingerprint density at radius 1 is 1.39 bits per heavy atom. The molecule has 1 aromatic carbocycles. The fraction of sp³-hybridized carbons (Fsp3) is 0.357. The van der Waals surface area contributed by atoms with Crippen LogP contribution in [0.1, 0.15) is 26.5 Å². The minimum absolute atomic E-state index is 0.310. The van der Waals surface area contributed by atoms with E-state index in [9.17, 15) is 14.3 Å². The minimum atomic E-state index is -0.995. The molecule has 1 aromatic heterocycles. The van der Waals surface area contributed by atoms with Crippen LogP contribution in [-0.4, -0.2) is 15.6 Å². The smallest absolute Gasteiger partial charge is 0.315 e. The van der Waals surface area contributed by atoms with Crippen LogP contribution in [0.15, 0.2) is 24.3 Å². The number of hydrogen-bond acceptors (Lipinski definition) is 1. The van der Waals surface area contributed by atoms with Gasteiger partial charge in [-0.1, -0.05) is 0 Å². The molecule has 0 aliphatic carbocycles. The molecule has 96 valence electrons. The summed E-state index contributed by atoms with van der Waals surface area (Å²) >= 11 is 0. The van der Waals surface area contributed by atoms with Crippen LogP contribution >= 0.6 is 0 Å². The van der Waals surface area contributed by atoms with Crippen LogP contribution in [-0.2, 0) is 16.8 Å². The quantitative estimate of drug-likeness (QED) is 0.907. The van der Waals surface area contributed by atoms with Crippen molar-refractivity contribution in [2.45, 2.75) is 32.7 Å². The normalized spacial score (nSPS) is 12.0. The lowest BCUT2D eigenvalue weighted by Gasteiger charge is -2.21. The maximum absolute atomic E-state index is 13.3. The maximum Gasteiger partial charge on any atom is 0.315 e. The van der Waals surface area contributed by atoms with Gasteiger partial charge in [0.15, 0.2) is 0 Å². The SMILES string of the molecule is CCn1c(C(C)(C)C(=O)O)cc2ccc(F)cc21. The van der Waals surface area contributed by atoms with Gasteiger partial charge >= 0.3 is 5.97 Å². The summed E-state index contributed by atoms with van der Waals surface area (Å²) in [7, 11) is 0. The summed E-state index contributed by atoms with van der Waals surface area (Å²) in [4.78, 5) is 11.3. The predicted molar refractivity (Wildman–Crippen MR) is 68.2 cm³/mol. The fourth-order valence-corrected chi connectivity index (χ4v) is 2.20. The van der Waals surface area contributed by atoms with Gasteiger partial charge in [0.2, 0.25) is 0 Å². The summed E-state index contributed by atoms with van der Waals surface area (Å²) in [6.45, 7) is 5.85. The van der Waals surface area contributed by atoms with Crippen molar-refractivity contribution in [1.29, 1.82) is 0 Å². The van der Waals surface area contributed by atoms with Crippen LogP contribution in [0.3, 0.4) is 0 Å². The molecule has 1 heterocycles. The fourth-order valence-electron chi connectivity index (χ4n) is 2.20. The Balaban J connectivity index is 2.76. The highest BCUT2D eigenvalue weighted by Crippen LogP contribution is 2.30. The third-order valence-electron chi connectivity index (χ3n) is 3.36. The zero-order valence-electron chi connectivity index (χ0n) is 10.7. The molecule has 3 nitrogen and oxygen atoms in total. The third-order valence-corrected chi connectivity index (χ3v) is 3.36. The van der Waals surface area contributed by atoms with Crippen molar-refractivity contribution in [3.05, 3.63) is 35.8 Å². The van der Waals surface area contributed by atoms with E-state index in [0.29, 0.717) is 12.2 Å². The molecule has 0 spiro atoms. The number of nitrogens with zero attached hydrogens (tertiary/aromatic N) is 1. The molecule has 0 radical (unpaired) electrons. The zero-order chi connectivity index (χ0) is 13.5. The minimum Gasteiger partial charge on any atom is -0.481 e. The molecule has 2 aromatic rings. The van der Waals surface area contributed by atoms with Gasteiger partial charge in [-0.05, 0) is 45.0 Å². The summed E-state index contributed by atoms with van der Waals surface area (Å²) < 4.78 is 15.1. The van der Waals surface area contributed by atoms with Crippen molar-refractivity contribution in [2.24, 2.45) is 0 Å². The molecule has 4 heteroatoms. The number of fused-ring (bicyclic) bond motifs is 1. The Morgan fingerprint density at radius 2 is 2.06 bits per heavy atom. The van der Waals surface area contributed by atoms with Gasteiger partial charge in [0.25, 0.3) is 0 Å². The molecular weight excluding hydrogens is 233 g/mol. The number of carboxylic acids is 1. The summed E-state index contributed by atoms with van der Waals surface area (Å²) in [6, 6.07) is 6.34. The number of aromatic nitrogens is 1. The van der Waals surface area contributed by atoms with E-state index in [1.807, 2.05) is 17.6 Å². The number of carboxylic acid groups (broad SMARTS) is 1.